The van der Waals surface area contributed by atoms with E-state index in [1.165, 1.54) is 0 Å². The molecule has 1 saturated heterocycles. The highest BCUT2D eigenvalue weighted by molar-refractivity contribution is 6.33. The van der Waals surface area contributed by atoms with E-state index >= 15 is 0 Å². The summed E-state index contributed by atoms with van der Waals surface area (Å²) in [5.74, 6) is 1.23. The van der Waals surface area contributed by atoms with Gasteiger partial charge in [0.15, 0.2) is 0 Å². The van der Waals surface area contributed by atoms with E-state index in [4.69, 9.17) is 16.0 Å². The second-order valence-corrected chi connectivity index (χ2v) is 7.60. The summed E-state index contributed by atoms with van der Waals surface area (Å²) in [6, 6.07) is 7.90. The molecular weight excluding hydrogens is 366 g/mol. The molecule has 0 atom stereocenters. The van der Waals surface area contributed by atoms with Gasteiger partial charge < -0.3 is 14.6 Å². The summed E-state index contributed by atoms with van der Waals surface area (Å²) in [5, 5.41) is 11.9. The number of aromatic nitrogens is 2. The third kappa shape index (κ3) is 5.06. The number of benzene rings is 1. The van der Waals surface area contributed by atoms with Crippen LogP contribution >= 0.6 is 11.6 Å². The first kappa shape index (κ1) is 18.4. The maximum Gasteiger partial charge on any atom is 0.249 e. The SMILES string of the molecule is O=C(CCN1CCN(Cc2nnc(-c3ccccc3Cl)o2)CC1)NC1CC1. The maximum absolute atomic E-state index is 11.8. The van der Waals surface area contributed by atoms with Crippen LogP contribution in [0.25, 0.3) is 11.5 Å². The molecule has 1 amide bonds. The molecule has 7 nitrogen and oxygen atoms in total. The van der Waals surface area contributed by atoms with Gasteiger partial charge in [0.2, 0.25) is 17.7 Å². The minimum absolute atomic E-state index is 0.179. The average molecular weight is 390 g/mol. The summed E-state index contributed by atoms with van der Waals surface area (Å²) in [7, 11) is 0. The number of carbonyl (C=O) groups excluding carboxylic acids is 1. The highest BCUT2D eigenvalue weighted by Gasteiger charge is 2.24. The summed E-state index contributed by atoms with van der Waals surface area (Å²) in [5.41, 5.74) is 0.757. The molecular formula is C19H24ClN5O2. The van der Waals surface area contributed by atoms with Crippen molar-refractivity contribution in [2.75, 3.05) is 32.7 Å². The summed E-state index contributed by atoms with van der Waals surface area (Å²) >= 11 is 6.19. The van der Waals surface area contributed by atoms with E-state index in [1.54, 1.807) is 0 Å². The molecule has 0 bridgehead atoms. The fourth-order valence-electron chi connectivity index (χ4n) is 3.21. The van der Waals surface area contributed by atoms with Crippen molar-refractivity contribution in [2.24, 2.45) is 0 Å². The van der Waals surface area contributed by atoms with Crippen LogP contribution in [-0.2, 0) is 11.3 Å². The zero-order valence-electron chi connectivity index (χ0n) is 15.2. The molecule has 1 aliphatic carbocycles. The van der Waals surface area contributed by atoms with Crippen molar-refractivity contribution in [1.29, 1.82) is 0 Å². The van der Waals surface area contributed by atoms with Crippen LogP contribution in [0.1, 0.15) is 25.2 Å². The van der Waals surface area contributed by atoms with E-state index in [1.807, 2.05) is 24.3 Å². The topological polar surface area (TPSA) is 74.5 Å². The van der Waals surface area contributed by atoms with Crippen LogP contribution in [-0.4, -0.2) is 64.7 Å². The minimum Gasteiger partial charge on any atom is -0.419 e. The van der Waals surface area contributed by atoms with Gasteiger partial charge >= 0.3 is 0 Å². The normalized spacial score (nSPS) is 18.6. The van der Waals surface area contributed by atoms with Crippen molar-refractivity contribution >= 4 is 17.5 Å². The van der Waals surface area contributed by atoms with Crippen LogP contribution in [0.15, 0.2) is 28.7 Å². The lowest BCUT2D eigenvalue weighted by Crippen LogP contribution is -2.46. The minimum atomic E-state index is 0.179. The molecule has 2 fully saturated rings. The zero-order valence-corrected chi connectivity index (χ0v) is 16.0. The van der Waals surface area contributed by atoms with Crippen LogP contribution in [0.4, 0.5) is 0 Å². The third-order valence-corrected chi connectivity index (χ3v) is 5.32. The molecule has 1 aromatic carbocycles. The predicted molar refractivity (Wildman–Crippen MR) is 102 cm³/mol. The van der Waals surface area contributed by atoms with Gasteiger partial charge in [0, 0.05) is 45.2 Å². The lowest BCUT2D eigenvalue weighted by Gasteiger charge is -2.33. The summed E-state index contributed by atoms with van der Waals surface area (Å²) in [6.45, 7) is 5.20. The molecule has 4 rings (SSSR count). The second-order valence-electron chi connectivity index (χ2n) is 7.19. The summed E-state index contributed by atoms with van der Waals surface area (Å²) < 4.78 is 5.79. The molecule has 8 heteroatoms. The highest BCUT2D eigenvalue weighted by atomic mass is 35.5. The smallest absolute Gasteiger partial charge is 0.249 e. The Labute approximate surface area is 163 Å². The van der Waals surface area contributed by atoms with Gasteiger partial charge in [-0.1, -0.05) is 23.7 Å². The van der Waals surface area contributed by atoms with Crippen molar-refractivity contribution in [2.45, 2.75) is 31.8 Å². The number of nitrogens with one attached hydrogen (secondary N) is 1. The fraction of sp³-hybridized carbons (Fsp3) is 0.526. The molecule has 2 aromatic rings. The number of piperazine rings is 1. The van der Waals surface area contributed by atoms with E-state index in [0.29, 0.717) is 35.8 Å². The summed E-state index contributed by atoms with van der Waals surface area (Å²) in [4.78, 5) is 16.4. The Kier molecular flexibility index (Phi) is 5.71. The van der Waals surface area contributed by atoms with Crippen LogP contribution in [0.2, 0.25) is 5.02 Å². The zero-order chi connectivity index (χ0) is 18.6. The molecule has 27 heavy (non-hydrogen) atoms. The molecule has 1 aromatic heterocycles. The molecule has 1 aliphatic heterocycles. The number of rotatable bonds is 7. The molecule has 144 valence electrons. The van der Waals surface area contributed by atoms with Gasteiger partial charge in [-0.3, -0.25) is 9.69 Å². The van der Waals surface area contributed by atoms with E-state index in [2.05, 4.69) is 25.3 Å². The molecule has 0 radical (unpaired) electrons. The number of carbonyl (C=O) groups is 1. The number of hydrogen-bond donors (Lipinski definition) is 1. The highest BCUT2D eigenvalue weighted by Crippen LogP contribution is 2.26. The van der Waals surface area contributed by atoms with E-state index in [0.717, 1.165) is 51.1 Å². The first-order valence-corrected chi connectivity index (χ1v) is 9.86. The number of amides is 1. The van der Waals surface area contributed by atoms with Crippen molar-refractivity contribution in [3.8, 4) is 11.5 Å². The molecule has 2 aliphatic rings. The number of hydrogen-bond acceptors (Lipinski definition) is 6. The monoisotopic (exact) mass is 389 g/mol. The Balaban J connectivity index is 1.22. The van der Waals surface area contributed by atoms with Crippen LogP contribution in [0, 0.1) is 0 Å². The van der Waals surface area contributed by atoms with Gasteiger partial charge in [0.05, 0.1) is 17.1 Å². The van der Waals surface area contributed by atoms with Gasteiger partial charge in [-0.05, 0) is 25.0 Å². The van der Waals surface area contributed by atoms with Crippen LogP contribution < -0.4 is 5.32 Å². The van der Waals surface area contributed by atoms with Crippen LogP contribution in [0.5, 0.6) is 0 Å². The van der Waals surface area contributed by atoms with Gasteiger partial charge in [-0.2, -0.15) is 0 Å². The van der Waals surface area contributed by atoms with Crippen molar-refractivity contribution in [3.05, 3.63) is 35.2 Å². The lowest BCUT2D eigenvalue weighted by molar-refractivity contribution is -0.121. The molecule has 2 heterocycles. The molecule has 0 spiro atoms. The quantitative estimate of drug-likeness (QED) is 0.782. The largest absolute Gasteiger partial charge is 0.419 e. The van der Waals surface area contributed by atoms with Crippen molar-refractivity contribution in [3.63, 3.8) is 0 Å². The van der Waals surface area contributed by atoms with Crippen molar-refractivity contribution in [1.82, 2.24) is 25.3 Å². The Bertz CT molecular complexity index is 784. The maximum atomic E-state index is 11.8. The Morgan fingerprint density at radius 3 is 2.63 bits per heavy atom. The average Bonchev–Trinajstić information content (AvgIpc) is 3.37. The first-order valence-electron chi connectivity index (χ1n) is 9.49. The first-order chi connectivity index (χ1) is 13.2. The Morgan fingerprint density at radius 1 is 1.15 bits per heavy atom. The number of halogens is 1. The molecule has 1 N–H and O–H groups in total. The van der Waals surface area contributed by atoms with Gasteiger partial charge in [0.1, 0.15) is 0 Å². The predicted octanol–water partition coefficient (Wildman–Crippen LogP) is 2.18. The fourth-order valence-corrected chi connectivity index (χ4v) is 3.43. The van der Waals surface area contributed by atoms with Gasteiger partial charge in [-0.15, -0.1) is 10.2 Å². The molecule has 1 saturated carbocycles. The second kappa shape index (κ2) is 8.37. The van der Waals surface area contributed by atoms with Crippen molar-refractivity contribution < 1.29 is 9.21 Å². The third-order valence-electron chi connectivity index (χ3n) is 4.99. The van der Waals surface area contributed by atoms with Crippen LogP contribution in [0.3, 0.4) is 0 Å². The standard InChI is InChI=1S/C19H24ClN5O2/c20-16-4-2-1-3-15(16)19-23-22-18(27-19)13-25-11-9-24(10-12-25)8-7-17(26)21-14-5-6-14/h1-4,14H,5-13H2,(H,21,26). The van der Waals surface area contributed by atoms with E-state index in [-0.39, 0.29) is 5.91 Å². The van der Waals surface area contributed by atoms with Gasteiger partial charge in [0.25, 0.3) is 0 Å². The Morgan fingerprint density at radius 2 is 1.89 bits per heavy atom. The Hall–Kier alpha value is -1.96. The van der Waals surface area contributed by atoms with Gasteiger partial charge in [-0.25, -0.2) is 0 Å². The summed E-state index contributed by atoms with van der Waals surface area (Å²) in [6.07, 6.45) is 2.86. The van der Waals surface area contributed by atoms with E-state index < -0.39 is 0 Å². The number of nitrogens with zero attached hydrogens (tertiary/aromatic N) is 4. The molecule has 0 unspecified atom stereocenters. The van der Waals surface area contributed by atoms with E-state index in [9.17, 15) is 4.79 Å². The lowest BCUT2D eigenvalue weighted by atomic mass is 10.2.